The summed E-state index contributed by atoms with van der Waals surface area (Å²) in [5.74, 6) is -0.585. The number of carboxylic acid groups (broad SMARTS) is 1. The molecule has 1 heterocycles. The summed E-state index contributed by atoms with van der Waals surface area (Å²) >= 11 is 0. The van der Waals surface area contributed by atoms with Gasteiger partial charge in [0.2, 0.25) is 5.91 Å². The lowest BCUT2D eigenvalue weighted by Gasteiger charge is -2.28. The average molecular weight is 256 g/mol. The minimum Gasteiger partial charge on any atom is -0.480 e. The largest absolute Gasteiger partial charge is 0.480 e. The number of carbonyl (C=O) groups excluding carboxylic acids is 1. The van der Waals surface area contributed by atoms with Crippen LogP contribution >= 0.6 is 0 Å². The molecule has 0 aliphatic carbocycles. The number of amides is 1. The fourth-order valence-electron chi connectivity index (χ4n) is 2.75. The van der Waals surface area contributed by atoms with Gasteiger partial charge in [0.05, 0.1) is 6.54 Å². The normalized spacial score (nSPS) is 21.8. The van der Waals surface area contributed by atoms with E-state index in [-0.39, 0.29) is 12.5 Å². The average Bonchev–Trinajstić information content (AvgIpc) is 2.75. The van der Waals surface area contributed by atoms with E-state index >= 15 is 0 Å². The van der Waals surface area contributed by atoms with Gasteiger partial charge in [-0.2, -0.15) is 0 Å². The molecule has 2 N–H and O–H groups in total. The van der Waals surface area contributed by atoms with Gasteiger partial charge in [-0.05, 0) is 31.7 Å². The molecule has 1 rings (SSSR count). The summed E-state index contributed by atoms with van der Waals surface area (Å²) in [6.45, 7) is 5.39. The molecule has 1 aliphatic rings. The van der Waals surface area contributed by atoms with E-state index < -0.39 is 5.97 Å². The number of nitrogens with zero attached hydrogens (tertiary/aromatic N) is 1. The molecular formula is C13H24N2O3. The fourth-order valence-corrected chi connectivity index (χ4v) is 2.75. The summed E-state index contributed by atoms with van der Waals surface area (Å²) in [7, 11) is 0. The number of carbonyl (C=O) groups is 2. The Bertz CT molecular complexity index is 294. The van der Waals surface area contributed by atoms with E-state index in [9.17, 15) is 9.59 Å². The summed E-state index contributed by atoms with van der Waals surface area (Å²) in [5, 5.41) is 10.9. The topological polar surface area (TPSA) is 69.6 Å². The molecule has 2 atom stereocenters. The second-order valence-corrected chi connectivity index (χ2v) is 5.12. The third-order valence-corrected chi connectivity index (χ3v) is 3.60. The maximum absolute atomic E-state index is 11.6. The lowest BCUT2D eigenvalue weighted by molar-refractivity contribution is -0.138. The summed E-state index contributed by atoms with van der Waals surface area (Å²) in [6.07, 6.45) is 4.62. The van der Waals surface area contributed by atoms with E-state index in [0.717, 1.165) is 25.8 Å². The van der Waals surface area contributed by atoms with Crippen LogP contribution in [0.1, 0.15) is 39.5 Å². The van der Waals surface area contributed by atoms with Crippen LogP contribution in [0.4, 0.5) is 0 Å². The number of carboxylic acids is 1. The zero-order chi connectivity index (χ0) is 13.5. The van der Waals surface area contributed by atoms with Crippen LogP contribution in [-0.4, -0.2) is 47.6 Å². The van der Waals surface area contributed by atoms with Gasteiger partial charge in [-0.15, -0.1) is 0 Å². The van der Waals surface area contributed by atoms with Gasteiger partial charge in [0.25, 0.3) is 0 Å². The van der Waals surface area contributed by atoms with Crippen molar-refractivity contribution in [3.05, 3.63) is 0 Å². The first-order valence-corrected chi connectivity index (χ1v) is 6.77. The van der Waals surface area contributed by atoms with Crippen molar-refractivity contribution in [3.63, 3.8) is 0 Å². The Balaban J connectivity index is 2.39. The van der Waals surface area contributed by atoms with Crippen molar-refractivity contribution in [2.24, 2.45) is 5.92 Å². The van der Waals surface area contributed by atoms with Gasteiger partial charge >= 0.3 is 5.97 Å². The van der Waals surface area contributed by atoms with E-state index in [0.29, 0.717) is 18.5 Å². The molecule has 18 heavy (non-hydrogen) atoms. The van der Waals surface area contributed by atoms with Crippen LogP contribution in [0.3, 0.4) is 0 Å². The van der Waals surface area contributed by atoms with Crippen molar-refractivity contribution in [3.8, 4) is 0 Å². The van der Waals surface area contributed by atoms with Gasteiger partial charge in [-0.3, -0.25) is 14.5 Å². The van der Waals surface area contributed by atoms with Gasteiger partial charge in [-0.1, -0.05) is 20.3 Å². The predicted octanol–water partition coefficient (Wildman–Crippen LogP) is 1.09. The van der Waals surface area contributed by atoms with Gasteiger partial charge in [-0.25, -0.2) is 0 Å². The first kappa shape index (κ1) is 15.0. The van der Waals surface area contributed by atoms with Gasteiger partial charge in [0.1, 0.15) is 6.54 Å². The van der Waals surface area contributed by atoms with Crippen molar-refractivity contribution in [1.82, 2.24) is 10.2 Å². The van der Waals surface area contributed by atoms with Crippen LogP contribution in [0, 0.1) is 5.92 Å². The molecule has 0 spiro atoms. The van der Waals surface area contributed by atoms with Gasteiger partial charge in [0.15, 0.2) is 0 Å². The Labute approximate surface area is 109 Å². The summed E-state index contributed by atoms with van der Waals surface area (Å²) in [4.78, 5) is 24.2. The molecular weight excluding hydrogens is 232 g/mol. The number of aliphatic carboxylic acids is 1. The molecule has 0 bridgehead atoms. The van der Waals surface area contributed by atoms with Crippen LogP contribution in [0.5, 0.6) is 0 Å². The fraction of sp³-hybridized carbons (Fsp3) is 0.846. The molecule has 1 fully saturated rings. The molecule has 0 unspecified atom stereocenters. The first-order valence-electron chi connectivity index (χ1n) is 6.77. The molecule has 0 aromatic carbocycles. The lowest BCUT2D eigenvalue weighted by atomic mass is 9.95. The van der Waals surface area contributed by atoms with Crippen molar-refractivity contribution in [2.45, 2.75) is 45.6 Å². The minimum absolute atomic E-state index is 0.187. The standard InChI is InChI=1S/C13H24N2O3/c1-3-5-10(2)11-6-4-7-15(11)9-12(16)14-8-13(17)18/h10-11H,3-9H2,1-2H3,(H,14,16)(H,17,18)/t10-,11+/m0/s1. The molecule has 1 aliphatic heterocycles. The Morgan fingerprint density at radius 2 is 2.22 bits per heavy atom. The second kappa shape index (κ2) is 7.36. The molecule has 1 amide bonds. The lowest BCUT2D eigenvalue weighted by Crippen LogP contribution is -2.43. The third kappa shape index (κ3) is 4.64. The SMILES string of the molecule is CCC[C@H](C)[C@H]1CCCN1CC(=O)NCC(=O)O. The third-order valence-electron chi connectivity index (χ3n) is 3.60. The number of hydrogen-bond acceptors (Lipinski definition) is 3. The quantitative estimate of drug-likeness (QED) is 0.715. The smallest absolute Gasteiger partial charge is 0.322 e. The number of likely N-dealkylation sites (tertiary alicyclic amines) is 1. The Kier molecular flexibility index (Phi) is 6.12. The zero-order valence-electron chi connectivity index (χ0n) is 11.3. The van der Waals surface area contributed by atoms with Crippen molar-refractivity contribution >= 4 is 11.9 Å². The van der Waals surface area contributed by atoms with Crippen LogP contribution in [-0.2, 0) is 9.59 Å². The van der Waals surface area contributed by atoms with Crippen LogP contribution in [0.15, 0.2) is 0 Å². The van der Waals surface area contributed by atoms with Crippen LogP contribution in [0.2, 0.25) is 0 Å². The van der Waals surface area contributed by atoms with Crippen molar-refractivity contribution in [2.75, 3.05) is 19.6 Å². The Morgan fingerprint density at radius 3 is 2.83 bits per heavy atom. The zero-order valence-corrected chi connectivity index (χ0v) is 11.3. The molecule has 1 saturated heterocycles. The minimum atomic E-state index is -0.999. The number of hydrogen-bond donors (Lipinski definition) is 2. The molecule has 0 aromatic rings. The van der Waals surface area contributed by atoms with Crippen molar-refractivity contribution < 1.29 is 14.7 Å². The number of nitrogens with one attached hydrogen (secondary N) is 1. The monoisotopic (exact) mass is 256 g/mol. The maximum Gasteiger partial charge on any atom is 0.322 e. The van der Waals surface area contributed by atoms with Crippen molar-refractivity contribution in [1.29, 1.82) is 0 Å². The highest BCUT2D eigenvalue weighted by Crippen LogP contribution is 2.26. The Hall–Kier alpha value is -1.10. The Morgan fingerprint density at radius 1 is 1.50 bits per heavy atom. The van der Waals surface area contributed by atoms with E-state index in [4.69, 9.17) is 5.11 Å². The summed E-state index contributed by atoms with van der Waals surface area (Å²) in [6, 6.07) is 0.473. The van der Waals surface area contributed by atoms with E-state index in [1.54, 1.807) is 0 Å². The van der Waals surface area contributed by atoms with Gasteiger partial charge < -0.3 is 10.4 Å². The van der Waals surface area contributed by atoms with Crippen LogP contribution < -0.4 is 5.32 Å². The first-order chi connectivity index (χ1) is 8.54. The molecule has 5 nitrogen and oxygen atoms in total. The van der Waals surface area contributed by atoms with E-state index in [2.05, 4.69) is 24.1 Å². The molecule has 104 valence electrons. The summed E-state index contributed by atoms with van der Waals surface area (Å²) in [5.41, 5.74) is 0. The van der Waals surface area contributed by atoms with E-state index in [1.807, 2.05) is 0 Å². The highest BCUT2D eigenvalue weighted by atomic mass is 16.4. The predicted molar refractivity (Wildman–Crippen MR) is 69.3 cm³/mol. The molecule has 5 heteroatoms. The maximum atomic E-state index is 11.6. The summed E-state index contributed by atoms with van der Waals surface area (Å²) < 4.78 is 0. The van der Waals surface area contributed by atoms with Crippen LogP contribution in [0.25, 0.3) is 0 Å². The number of rotatable bonds is 7. The molecule has 0 saturated carbocycles. The molecule has 0 radical (unpaired) electrons. The highest BCUT2D eigenvalue weighted by molar-refractivity contribution is 5.82. The highest BCUT2D eigenvalue weighted by Gasteiger charge is 2.29. The van der Waals surface area contributed by atoms with Gasteiger partial charge in [0, 0.05) is 6.04 Å². The molecule has 0 aromatic heterocycles. The second-order valence-electron chi connectivity index (χ2n) is 5.12. The van der Waals surface area contributed by atoms with E-state index in [1.165, 1.54) is 6.42 Å².